The molecule has 0 spiro atoms. The number of fused-ring (bicyclic) bond motifs is 11. The third kappa shape index (κ3) is 4.36. The molecule has 0 saturated carbocycles. The van der Waals surface area contributed by atoms with Crippen LogP contribution in [-0.4, -0.2) is 0 Å². The summed E-state index contributed by atoms with van der Waals surface area (Å²) in [6.45, 7) is 0. The normalized spacial score (nSPS) is 13.0. The van der Waals surface area contributed by atoms with Gasteiger partial charge in [-0.3, -0.25) is 0 Å². The summed E-state index contributed by atoms with van der Waals surface area (Å²) in [6.07, 6.45) is 6.87. The van der Waals surface area contributed by atoms with Gasteiger partial charge in [-0.1, -0.05) is 78.9 Å². The van der Waals surface area contributed by atoms with Crippen LogP contribution in [0.5, 0.6) is 0 Å². The smallest absolute Gasteiger partial charge is 0.0468 e. The third-order valence-electron chi connectivity index (χ3n) is 10.3. The first-order valence-electron chi connectivity index (χ1n) is 17.1. The first kappa shape index (κ1) is 28.6. The summed E-state index contributed by atoms with van der Waals surface area (Å²) in [5.41, 5.74) is 8.92. The number of thiophene rings is 3. The van der Waals surface area contributed by atoms with Gasteiger partial charge in [0.05, 0.1) is 0 Å². The quantitative estimate of drug-likeness (QED) is 0.178. The average molecular weight is 692 g/mol. The maximum Gasteiger partial charge on any atom is 0.0468 e. The predicted molar refractivity (Wildman–Crippen MR) is 223 cm³/mol. The number of aryl methyl sites for hydroxylation is 1. The Morgan fingerprint density at radius 2 is 1.00 bits per heavy atom. The second-order valence-corrected chi connectivity index (χ2v) is 16.4. The molecule has 236 valence electrons. The van der Waals surface area contributed by atoms with Gasteiger partial charge in [0.2, 0.25) is 0 Å². The standard InChI is InChI=1S/C46H29NS3/c1-2-10-33-29(9-1)25-37(46-45(33)36-13-5-8-16-42(36)50-46)28-17-19-30(20-18-28)47(31-21-23-43-38(26-31)34-11-3-6-14-40(34)48-43)32-22-24-44-39(27-32)35-12-4-7-15-41(35)49-44/h1,3-9,11-27H,2,10H2. The van der Waals surface area contributed by atoms with E-state index in [1.165, 1.54) is 94.1 Å². The highest BCUT2D eigenvalue weighted by molar-refractivity contribution is 7.26. The van der Waals surface area contributed by atoms with Crippen LogP contribution >= 0.6 is 34.0 Å². The Hall–Kier alpha value is -5.26. The summed E-state index contributed by atoms with van der Waals surface area (Å²) in [5.74, 6) is 0. The molecule has 3 aromatic heterocycles. The molecule has 0 N–H and O–H groups in total. The Labute approximate surface area is 301 Å². The van der Waals surface area contributed by atoms with Gasteiger partial charge >= 0.3 is 0 Å². The summed E-state index contributed by atoms with van der Waals surface area (Å²) in [5, 5.41) is 8.08. The maximum absolute atomic E-state index is 2.44. The fourth-order valence-corrected chi connectivity index (χ4v) is 11.4. The second-order valence-electron chi connectivity index (χ2n) is 13.2. The van der Waals surface area contributed by atoms with Crippen LogP contribution in [0.15, 0.2) is 146 Å². The van der Waals surface area contributed by atoms with Gasteiger partial charge in [-0.05, 0) is 102 Å². The highest BCUT2D eigenvalue weighted by atomic mass is 32.1. The Morgan fingerprint density at radius 1 is 0.460 bits per heavy atom. The van der Waals surface area contributed by atoms with Crippen molar-refractivity contribution in [3.63, 3.8) is 0 Å². The number of anilines is 3. The number of nitrogens with zero attached hydrogens (tertiary/aromatic N) is 1. The Morgan fingerprint density at radius 3 is 1.64 bits per heavy atom. The van der Waals surface area contributed by atoms with E-state index in [1.807, 2.05) is 34.0 Å². The first-order valence-corrected chi connectivity index (χ1v) is 19.6. The second kappa shape index (κ2) is 11.1. The van der Waals surface area contributed by atoms with E-state index in [9.17, 15) is 0 Å². The molecule has 0 bridgehead atoms. The van der Waals surface area contributed by atoms with E-state index < -0.39 is 0 Å². The van der Waals surface area contributed by atoms with Crippen LogP contribution in [0.3, 0.4) is 0 Å². The molecule has 0 aliphatic heterocycles. The lowest BCUT2D eigenvalue weighted by molar-refractivity contribution is 0.999. The average Bonchev–Trinajstić information content (AvgIpc) is 3.86. The van der Waals surface area contributed by atoms with Crippen molar-refractivity contribution in [2.45, 2.75) is 12.8 Å². The molecule has 1 aliphatic rings. The van der Waals surface area contributed by atoms with E-state index >= 15 is 0 Å². The van der Waals surface area contributed by atoms with Crippen molar-refractivity contribution >= 4 is 118 Å². The lowest BCUT2D eigenvalue weighted by atomic mass is 9.89. The van der Waals surface area contributed by atoms with Crippen molar-refractivity contribution < 1.29 is 0 Å². The summed E-state index contributed by atoms with van der Waals surface area (Å²) < 4.78 is 8.05. The number of hydrogen-bond donors (Lipinski definition) is 0. The lowest BCUT2D eigenvalue weighted by Gasteiger charge is -2.26. The fourth-order valence-electron chi connectivity index (χ4n) is 8.00. The zero-order valence-corrected chi connectivity index (χ0v) is 29.5. The number of benzene rings is 7. The predicted octanol–water partition coefficient (Wildman–Crippen LogP) is 14.9. The Bertz CT molecular complexity index is 2880. The van der Waals surface area contributed by atoms with Gasteiger partial charge in [0.15, 0.2) is 0 Å². The van der Waals surface area contributed by atoms with Crippen LogP contribution in [0.1, 0.15) is 17.5 Å². The third-order valence-corrected chi connectivity index (χ3v) is 13.8. The van der Waals surface area contributed by atoms with Gasteiger partial charge in [-0.15, -0.1) is 34.0 Å². The number of hydrogen-bond acceptors (Lipinski definition) is 4. The molecule has 0 radical (unpaired) electrons. The molecule has 0 unspecified atom stereocenters. The van der Waals surface area contributed by atoms with Gasteiger partial charge in [0, 0.05) is 83.1 Å². The molecule has 11 rings (SSSR count). The molecular formula is C46H29NS3. The van der Waals surface area contributed by atoms with Gasteiger partial charge in [0.1, 0.15) is 0 Å². The summed E-state index contributed by atoms with van der Waals surface area (Å²) in [7, 11) is 0. The zero-order valence-electron chi connectivity index (χ0n) is 27.0. The maximum atomic E-state index is 2.44. The minimum atomic E-state index is 1.10. The van der Waals surface area contributed by atoms with Gasteiger partial charge in [0.25, 0.3) is 0 Å². The lowest BCUT2D eigenvalue weighted by Crippen LogP contribution is -2.09. The largest absolute Gasteiger partial charge is 0.310 e. The van der Waals surface area contributed by atoms with Crippen LogP contribution in [0.4, 0.5) is 17.1 Å². The monoisotopic (exact) mass is 691 g/mol. The Balaban J connectivity index is 1.10. The molecule has 0 fully saturated rings. The topological polar surface area (TPSA) is 3.24 Å². The fraction of sp³-hybridized carbons (Fsp3) is 0.0435. The van der Waals surface area contributed by atoms with E-state index in [4.69, 9.17) is 0 Å². The molecule has 0 amide bonds. The molecular weight excluding hydrogens is 663 g/mol. The van der Waals surface area contributed by atoms with Gasteiger partial charge in [-0.25, -0.2) is 0 Å². The zero-order chi connectivity index (χ0) is 32.8. The van der Waals surface area contributed by atoms with E-state index in [2.05, 4.69) is 157 Å². The van der Waals surface area contributed by atoms with Crippen LogP contribution < -0.4 is 4.90 Å². The SMILES string of the molecule is C1=Cc2cc(-c3ccc(N(c4ccc5sc6ccccc6c5c4)c4ccc5sc6ccccc6c5c4)cc3)c3sc4ccccc4c3c2CC1. The number of allylic oxidation sites excluding steroid dienone is 1. The molecule has 50 heavy (non-hydrogen) atoms. The minimum Gasteiger partial charge on any atom is -0.310 e. The van der Waals surface area contributed by atoms with Crippen LogP contribution in [-0.2, 0) is 6.42 Å². The first-order chi connectivity index (χ1) is 24.8. The van der Waals surface area contributed by atoms with Crippen molar-refractivity contribution in [1.82, 2.24) is 0 Å². The molecule has 10 aromatic rings. The molecule has 1 aliphatic carbocycles. The molecule has 0 atom stereocenters. The van der Waals surface area contributed by atoms with Crippen molar-refractivity contribution in [2.24, 2.45) is 0 Å². The van der Waals surface area contributed by atoms with Crippen LogP contribution in [0.25, 0.3) is 77.7 Å². The molecule has 4 heteroatoms. The molecule has 1 nitrogen and oxygen atoms in total. The molecule has 7 aromatic carbocycles. The van der Waals surface area contributed by atoms with Gasteiger partial charge < -0.3 is 4.90 Å². The van der Waals surface area contributed by atoms with Crippen molar-refractivity contribution in [3.05, 3.63) is 157 Å². The van der Waals surface area contributed by atoms with E-state index in [0.717, 1.165) is 18.5 Å². The molecule has 0 saturated heterocycles. The van der Waals surface area contributed by atoms with Crippen molar-refractivity contribution in [2.75, 3.05) is 4.90 Å². The van der Waals surface area contributed by atoms with Crippen LogP contribution in [0, 0.1) is 0 Å². The minimum absolute atomic E-state index is 1.10. The number of rotatable bonds is 4. The highest BCUT2D eigenvalue weighted by Gasteiger charge is 2.20. The van der Waals surface area contributed by atoms with E-state index in [1.54, 1.807) is 0 Å². The molecule has 3 heterocycles. The van der Waals surface area contributed by atoms with Crippen molar-refractivity contribution in [3.8, 4) is 11.1 Å². The summed E-state index contributed by atoms with van der Waals surface area (Å²) >= 11 is 5.67. The van der Waals surface area contributed by atoms with Crippen molar-refractivity contribution in [1.29, 1.82) is 0 Å². The Kier molecular flexibility index (Phi) is 6.36. The van der Waals surface area contributed by atoms with E-state index in [0.29, 0.717) is 0 Å². The van der Waals surface area contributed by atoms with E-state index in [-0.39, 0.29) is 0 Å². The highest BCUT2D eigenvalue weighted by Crippen LogP contribution is 2.47. The summed E-state index contributed by atoms with van der Waals surface area (Å²) in [6, 6.07) is 52.1. The van der Waals surface area contributed by atoms with Gasteiger partial charge in [-0.2, -0.15) is 0 Å². The van der Waals surface area contributed by atoms with Crippen LogP contribution in [0.2, 0.25) is 0 Å². The summed E-state index contributed by atoms with van der Waals surface area (Å²) in [4.78, 5) is 2.44.